The SMILES string of the molecule is CNCC=Cc1cnc2[nH]ncc2c1. The summed E-state index contributed by atoms with van der Waals surface area (Å²) in [4.78, 5) is 4.23. The Labute approximate surface area is 82.1 Å². The molecule has 2 rings (SSSR count). The molecule has 2 aromatic rings. The zero-order valence-corrected chi connectivity index (χ0v) is 7.99. The number of hydrogen-bond donors (Lipinski definition) is 2. The molecule has 0 amide bonds. The summed E-state index contributed by atoms with van der Waals surface area (Å²) >= 11 is 0. The van der Waals surface area contributed by atoms with Gasteiger partial charge in [0, 0.05) is 18.1 Å². The standard InChI is InChI=1S/C10H12N4/c1-11-4-2-3-8-5-9-7-13-14-10(9)12-6-8/h2-3,5-7,11H,4H2,1H3,(H,12,13,14). The predicted octanol–water partition coefficient (Wildman–Crippen LogP) is 1.19. The molecule has 0 unspecified atom stereocenters. The fraction of sp³-hybridized carbons (Fsp3) is 0.200. The lowest BCUT2D eigenvalue weighted by molar-refractivity contribution is 0.922. The van der Waals surface area contributed by atoms with Crippen molar-refractivity contribution in [3.05, 3.63) is 30.1 Å². The first-order chi connectivity index (χ1) is 6.90. The minimum atomic E-state index is 0.829. The lowest BCUT2D eigenvalue weighted by Gasteiger charge is -1.93. The average molecular weight is 188 g/mol. The lowest BCUT2D eigenvalue weighted by atomic mass is 10.2. The topological polar surface area (TPSA) is 53.6 Å². The number of aromatic amines is 1. The number of pyridine rings is 1. The van der Waals surface area contributed by atoms with E-state index >= 15 is 0 Å². The summed E-state index contributed by atoms with van der Waals surface area (Å²) in [5.41, 5.74) is 1.92. The van der Waals surface area contributed by atoms with Crippen LogP contribution in [0.4, 0.5) is 0 Å². The van der Waals surface area contributed by atoms with E-state index in [0.29, 0.717) is 0 Å². The van der Waals surface area contributed by atoms with Gasteiger partial charge in [-0.15, -0.1) is 0 Å². The van der Waals surface area contributed by atoms with Crippen LogP contribution in [0.25, 0.3) is 17.1 Å². The van der Waals surface area contributed by atoms with Crippen LogP contribution in [0.15, 0.2) is 24.5 Å². The van der Waals surface area contributed by atoms with Crippen molar-refractivity contribution in [2.24, 2.45) is 0 Å². The smallest absolute Gasteiger partial charge is 0.155 e. The van der Waals surface area contributed by atoms with Gasteiger partial charge >= 0.3 is 0 Å². The molecule has 4 heteroatoms. The largest absolute Gasteiger partial charge is 0.316 e. The van der Waals surface area contributed by atoms with Gasteiger partial charge in [-0.3, -0.25) is 5.10 Å². The zero-order chi connectivity index (χ0) is 9.80. The highest BCUT2D eigenvalue weighted by atomic mass is 15.1. The summed E-state index contributed by atoms with van der Waals surface area (Å²) in [5, 5.41) is 10.8. The van der Waals surface area contributed by atoms with Gasteiger partial charge in [0.25, 0.3) is 0 Å². The quantitative estimate of drug-likeness (QED) is 0.760. The van der Waals surface area contributed by atoms with Gasteiger partial charge in [-0.2, -0.15) is 5.10 Å². The molecule has 0 saturated carbocycles. The molecule has 0 radical (unpaired) electrons. The van der Waals surface area contributed by atoms with Crippen molar-refractivity contribution in [3.63, 3.8) is 0 Å². The Morgan fingerprint density at radius 1 is 1.50 bits per heavy atom. The van der Waals surface area contributed by atoms with E-state index in [9.17, 15) is 0 Å². The number of likely N-dealkylation sites (N-methyl/N-ethyl adjacent to an activating group) is 1. The van der Waals surface area contributed by atoms with Gasteiger partial charge in [-0.1, -0.05) is 12.2 Å². The molecular weight excluding hydrogens is 176 g/mol. The maximum Gasteiger partial charge on any atom is 0.155 e. The molecule has 0 spiro atoms. The van der Waals surface area contributed by atoms with Gasteiger partial charge in [0.05, 0.1) is 6.20 Å². The second kappa shape index (κ2) is 4.02. The molecule has 0 fully saturated rings. The molecule has 0 saturated heterocycles. The van der Waals surface area contributed by atoms with Crippen LogP contribution in [-0.4, -0.2) is 28.8 Å². The first-order valence-corrected chi connectivity index (χ1v) is 4.50. The van der Waals surface area contributed by atoms with Crippen molar-refractivity contribution < 1.29 is 0 Å². The molecule has 72 valence electrons. The maximum absolute atomic E-state index is 4.23. The Morgan fingerprint density at radius 2 is 2.43 bits per heavy atom. The minimum absolute atomic E-state index is 0.829. The number of nitrogens with one attached hydrogen (secondary N) is 2. The summed E-state index contributed by atoms with van der Waals surface area (Å²) in [6, 6.07) is 2.05. The third-order valence-electron chi connectivity index (χ3n) is 1.94. The van der Waals surface area contributed by atoms with E-state index in [1.54, 1.807) is 6.20 Å². The number of fused-ring (bicyclic) bond motifs is 1. The van der Waals surface area contributed by atoms with Crippen LogP contribution < -0.4 is 5.32 Å². The van der Waals surface area contributed by atoms with Crippen molar-refractivity contribution in [2.45, 2.75) is 0 Å². The highest BCUT2D eigenvalue weighted by molar-refractivity contribution is 5.76. The molecule has 0 aliphatic heterocycles. The molecule has 14 heavy (non-hydrogen) atoms. The first-order valence-electron chi connectivity index (χ1n) is 4.50. The molecule has 0 aromatic carbocycles. The second-order valence-electron chi connectivity index (χ2n) is 3.04. The van der Waals surface area contributed by atoms with Gasteiger partial charge in [-0.05, 0) is 18.7 Å². The third-order valence-corrected chi connectivity index (χ3v) is 1.94. The summed E-state index contributed by atoms with van der Waals surface area (Å²) < 4.78 is 0. The molecule has 2 N–H and O–H groups in total. The number of aromatic nitrogens is 3. The maximum atomic E-state index is 4.23. The van der Waals surface area contributed by atoms with Gasteiger partial charge < -0.3 is 5.32 Å². The van der Waals surface area contributed by atoms with Crippen LogP contribution in [0.2, 0.25) is 0 Å². The van der Waals surface area contributed by atoms with E-state index in [1.807, 2.05) is 19.3 Å². The number of H-pyrrole nitrogens is 1. The normalized spacial score (nSPS) is 11.5. The third kappa shape index (κ3) is 1.80. The monoisotopic (exact) mass is 188 g/mol. The predicted molar refractivity (Wildman–Crippen MR) is 56.8 cm³/mol. The minimum Gasteiger partial charge on any atom is -0.316 e. The molecule has 0 aliphatic rings. The summed E-state index contributed by atoms with van der Waals surface area (Å²) in [5.74, 6) is 0. The first kappa shape index (κ1) is 8.90. The van der Waals surface area contributed by atoms with Crippen LogP contribution in [0, 0.1) is 0 Å². The highest BCUT2D eigenvalue weighted by Gasteiger charge is 1.95. The van der Waals surface area contributed by atoms with Crippen LogP contribution >= 0.6 is 0 Å². The van der Waals surface area contributed by atoms with E-state index in [1.165, 1.54) is 0 Å². The van der Waals surface area contributed by atoms with Gasteiger partial charge in [0.1, 0.15) is 0 Å². The lowest BCUT2D eigenvalue weighted by Crippen LogP contribution is -2.03. The van der Waals surface area contributed by atoms with Gasteiger partial charge in [-0.25, -0.2) is 4.98 Å². The van der Waals surface area contributed by atoms with E-state index in [4.69, 9.17) is 0 Å². The zero-order valence-electron chi connectivity index (χ0n) is 7.99. The summed E-state index contributed by atoms with van der Waals surface area (Å²) in [6.07, 6.45) is 7.70. The Kier molecular flexibility index (Phi) is 2.55. The van der Waals surface area contributed by atoms with E-state index < -0.39 is 0 Å². The molecule has 4 nitrogen and oxygen atoms in total. The fourth-order valence-corrected chi connectivity index (χ4v) is 1.26. The van der Waals surface area contributed by atoms with E-state index in [0.717, 1.165) is 23.1 Å². The Morgan fingerprint density at radius 3 is 3.29 bits per heavy atom. The van der Waals surface area contributed by atoms with Gasteiger partial charge in [0.15, 0.2) is 5.65 Å². The van der Waals surface area contributed by atoms with E-state index in [2.05, 4.69) is 32.6 Å². The van der Waals surface area contributed by atoms with Crippen molar-refractivity contribution in [1.29, 1.82) is 0 Å². The summed E-state index contributed by atoms with van der Waals surface area (Å²) in [6.45, 7) is 0.865. The average Bonchev–Trinajstić information content (AvgIpc) is 2.65. The molecular formula is C10H12N4. The van der Waals surface area contributed by atoms with Crippen molar-refractivity contribution in [3.8, 4) is 0 Å². The number of rotatable bonds is 3. The van der Waals surface area contributed by atoms with Crippen LogP contribution in [0.1, 0.15) is 5.56 Å². The molecule has 0 bridgehead atoms. The van der Waals surface area contributed by atoms with Crippen LogP contribution in [0.5, 0.6) is 0 Å². The second-order valence-corrected chi connectivity index (χ2v) is 3.04. The number of nitrogens with zero attached hydrogens (tertiary/aromatic N) is 2. The Balaban J connectivity index is 2.25. The van der Waals surface area contributed by atoms with E-state index in [-0.39, 0.29) is 0 Å². The molecule has 0 aliphatic carbocycles. The van der Waals surface area contributed by atoms with Crippen LogP contribution in [-0.2, 0) is 0 Å². The fourth-order valence-electron chi connectivity index (χ4n) is 1.26. The van der Waals surface area contributed by atoms with Crippen molar-refractivity contribution >= 4 is 17.1 Å². The highest BCUT2D eigenvalue weighted by Crippen LogP contribution is 2.10. The van der Waals surface area contributed by atoms with Crippen LogP contribution in [0.3, 0.4) is 0 Å². The van der Waals surface area contributed by atoms with Gasteiger partial charge in [0.2, 0.25) is 0 Å². The van der Waals surface area contributed by atoms with Crippen molar-refractivity contribution in [1.82, 2.24) is 20.5 Å². The molecule has 2 heterocycles. The molecule has 0 atom stereocenters. The Bertz CT molecular complexity index is 444. The molecule has 2 aromatic heterocycles. The van der Waals surface area contributed by atoms with Crippen molar-refractivity contribution in [2.75, 3.05) is 13.6 Å². The number of hydrogen-bond acceptors (Lipinski definition) is 3. The Hall–Kier alpha value is -1.68. The summed E-state index contributed by atoms with van der Waals surface area (Å²) in [7, 11) is 1.92.